The molecule has 0 aliphatic carbocycles. The van der Waals surface area contributed by atoms with Crippen molar-refractivity contribution in [3.05, 3.63) is 68.8 Å². The topological polar surface area (TPSA) is 98.0 Å². The van der Waals surface area contributed by atoms with E-state index in [0.717, 1.165) is 16.3 Å². The minimum Gasteiger partial charge on any atom is -0.366 e. The van der Waals surface area contributed by atoms with E-state index in [9.17, 15) is 9.59 Å². The molecule has 6 nitrogen and oxygen atoms in total. The molecule has 0 spiro atoms. The van der Waals surface area contributed by atoms with Crippen molar-refractivity contribution < 1.29 is 9.59 Å². The average molecular weight is 429 g/mol. The van der Waals surface area contributed by atoms with E-state index in [0.29, 0.717) is 22.8 Å². The van der Waals surface area contributed by atoms with E-state index < -0.39 is 5.91 Å². The number of aromatic nitrogens is 2. The third-order valence-electron chi connectivity index (χ3n) is 4.53. The number of halogens is 1. The predicted molar refractivity (Wildman–Crippen MR) is 115 cm³/mol. The van der Waals surface area contributed by atoms with Gasteiger partial charge in [-0.25, -0.2) is 4.98 Å². The van der Waals surface area contributed by atoms with Crippen molar-refractivity contribution in [3.8, 4) is 11.3 Å². The molecule has 0 fully saturated rings. The number of carbonyl (C=O) groups excluding carboxylic acids is 2. The van der Waals surface area contributed by atoms with Crippen molar-refractivity contribution in [2.24, 2.45) is 5.73 Å². The lowest BCUT2D eigenvalue weighted by molar-refractivity contribution is 0.0944. The standard InChI is InChI=1S/C21H21ClN4O2S/c1-12-16(8-14(9-24-12)18(23)27)19(28)25-11-21(2,3)20-26-17(10-29-20)13-4-6-15(22)7-5-13/h4-10H,11H2,1-3H3,(H2,23,27)(H,25,28). The van der Waals surface area contributed by atoms with Crippen LogP contribution >= 0.6 is 22.9 Å². The van der Waals surface area contributed by atoms with E-state index in [4.69, 9.17) is 22.3 Å². The van der Waals surface area contributed by atoms with Crippen LogP contribution in [0.4, 0.5) is 0 Å². The lowest BCUT2D eigenvalue weighted by Crippen LogP contribution is -2.37. The molecule has 0 bridgehead atoms. The van der Waals surface area contributed by atoms with Crippen LogP contribution in [0.1, 0.15) is 45.3 Å². The SMILES string of the molecule is Cc1ncc(C(N)=O)cc1C(=O)NCC(C)(C)c1nc(-c2ccc(Cl)cc2)cs1. The molecule has 3 aromatic rings. The van der Waals surface area contributed by atoms with Gasteiger partial charge in [0.15, 0.2) is 0 Å². The molecule has 2 heterocycles. The third kappa shape index (κ3) is 4.81. The number of aryl methyl sites for hydroxylation is 1. The van der Waals surface area contributed by atoms with E-state index in [1.54, 1.807) is 18.3 Å². The summed E-state index contributed by atoms with van der Waals surface area (Å²) in [4.78, 5) is 32.8. The van der Waals surface area contributed by atoms with Gasteiger partial charge in [0, 0.05) is 34.1 Å². The number of nitrogens with two attached hydrogens (primary N) is 1. The van der Waals surface area contributed by atoms with E-state index in [1.807, 2.05) is 43.5 Å². The molecule has 0 atom stereocenters. The summed E-state index contributed by atoms with van der Waals surface area (Å²) in [5.74, 6) is -0.926. The van der Waals surface area contributed by atoms with Crippen molar-refractivity contribution in [2.45, 2.75) is 26.2 Å². The van der Waals surface area contributed by atoms with Crippen LogP contribution in [0.25, 0.3) is 11.3 Å². The number of nitrogens with one attached hydrogen (secondary N) is 1. The molecule has 2 aromatic heterocycles. The minimum absolute atomic E-state index is 0.201. The number of rotatable bonds is 6. The molecule has 0 aliphatic rings. The van der Waals surface area contributed by atoms with Gasteiger partial charge in [0.05, 0.1) is 22.5 Å². The minimum atomic E-state index is -0.621. The van der Waals surface area contributed by atoms with Crippen LogP contribution < -0.4 is 11.1 Å². The largest absolute Gasteiger partial charge is 0.366 e. The van der Waals surface area contributed by atoms with E-state index in [1.165, 1.54) is 12.3 Å². The van der Waals surface area contributed by atoms with Crippen LogP contribution in [0, 0.1) is 6.92 Å². The maximum absolute atomic E-state index is 12.6. The Kier molecular flexibility index (Phi) is 6.00. The molecule has 0 aliphatic heterocycles. The molecule has 0 radical (unpaired) electrons. The number of pyridine rings is 1. The Morgan fingerprint density at radius 3 is 2.59 bits per heavy atom. The second-order valence-corrected chi connectivity index (χ2v) is 8.63. The fourth-order valence-corrected chi connectivity index (χ4v) is 3.79. The summed E-state index contributed by atoms with van der Waals surface area (Å²) >= 11 is 7.49. The first-order valence-corrected chi connectivity index (χ1v) is 10.2. The maximum Gasteiger partial charge on any atom is 0.253 e. The normalized spacial score (nSPS) is 11.3. The van der Waals surface area contributed by atoms with E-state index in [2.05, 4.69) is 10.3 Å². The molecular formula is C21H21ClN4O2S. The molecule has 1 aromatic carbocycles. The van der Waals surface area contributed by atoms with Crippen molar-refractivity contribution in [1.29, 1.82) is 0 Å². The fourth-order valence-electron chi connectivity index (χ4n) is 2.71. The lowest BCUT2D eigenvalue weighted by Gasteiger charge is -2.22. The summed E-state index contributed by atoms with van der Waals surface area (Å²) in [6, 6.07) is 8.99. The third-order valence-corrected chi connectivity index (χ3v) is 5.99. The van der Waals surface area contributed by atoms with Crippen LogP contribution in [0.5, 0.6) is 0 Å². The quantitative estimate of drug-likeness (QED) is 0.620. The number of primary amides is 1. The highest BCUT2D eigenvalue weighted by molar-refractivity contribution is 7.10. The highest BCUT2D eigenvalue weighted by Crippen LogP contribution is 2.30. The highest BCUT2D eigenvalue weighted by Gasteiger charge is 2.26. The molecule has 0 saturated carbocycles. The molecule has 3 N–H and O–H groups in total. The summed E-state index contributed by atoms with van der Waals surface area (Å²) in [5.41, 5.74) is 7.83. The Balaban J connectivity index is 1.73. The fraction of sp³-hybridized carbons (Fsp3) is 0.238. The number of amides is 2. The van der Waals surface area contributed by atoms with Gasteiger partial charge in [-0.05, 0) is 25.1 Å². The van der Waals surface area contributed by atoms with Gasteiger partial charge in [-0.15, -0.1) is 11.3 Å². The summed E-state index contributed by atoms with van der Waals surface area (Å²) < 4.78 is 0. The van der Waals surface area contributed by atoms with E-state index in [-0.39, 0.29) is 16.9 Å². The molecular weight excluding hydrogens is 408 g/mol. The van der Waals surface area contributed by atoms with Crippen LogP contribution in [0.15, 0.2) is 41.9 Å². The molecule has 0 saturated heterocycles. The van der Waals surface area contributed by atoms with Gasteiger partial charge < -0.3 is 11.1 Å². The van der Waals surface area contributed by atoms with Crippen LogP contribution in [-0.2, 0) is 5.41 Å². The van der Waals surface area contributed by atoms with Crippen molar-refractivity contribution in [2.75, 3.05) is 6.54 Å². The molecule has 150 valence electrons. The predicted octanol–water partition coefficient (Wildman–Crippen LogP) is 3.97. The van der Waals surface area contributed by atoms with E-state index >= 15 is 0 Å². The van der Waals surface area contributed by atoms with Gasteiger partial charge in [0.1, 0.15) is 5.01 Å². The highest BCUT2D eigenvalue weighted by atomic mass is 35.5. The zero-order valence-corrected chi connectivity index (χ0v) is 17.9. The van der Waals surface area contributed by atoms with Crippen LogP contribution in [0.3, 0.4) is 0 Å². The lowest BCUT2D eigenvalue weighted by atomic mass is 9.94. The molecule has 0 unspecified atom stereocenters. The molecule has 29 heavy (non-hydrogen) atoms. The number of hydrogen-bond donors (Lipinski definition) is 2. The van der Waals surface area contributed by atoms with Gasteiger partial charge in [-0.2, -0.15) is 0 Å². The Labute approximate surface area is 178 Å². The first kappa shape index (κ1) is 21.0. The van der Waals surface area contributed by atoms with Gasteiger partial charge in [0.25, 0.3) is 5.91 Å². The van der Waals surface area contributed by atoms with Gasteiger partial charge >= 0.3 is 0 Å². The number of hydrogen-bond acceptors (Lipinski definition) is 5. The molecule has 2 amide bonds. The Hall–Kier alpha value is -2.77. The zero-order chi connectivity index (χ0) is 21.2. The van der Waals surface area contributed by atoms with Gasteiger partial charge in [0.2, 0.25) is 5.91 Å². The summed E-state index contributed by atoms with van der Waals surface area (Å²) in [5, 5.41) is 6.50. The van der Waals surface area contributed by atoms with Crippen LogP contribution in [0.2, 0.25) is 5.02 Å². The first-order chi connectivity index (χ1) is 13.7. The number of nitrogens with zero attached hydrogens (tertiary/aromatic N) is 2. The zero-order valence-electron chi connectivity index (χ0n) is 16.3. The monoisotopic (exact) mass is 428 g/mol. The first-order valence-electron chi connectivity index (χ1n) is 8.94. The molecule has 3 rings (SSSR count). The number of benzene rings is 1. The Bertz CT molecular complexity index is 1060. The maximum atomic E-state index is 12.6. The summed E-state index contributed by atoms with van der Waals surface area (Å²) in [6.45, 7) is 6.12. The number of carbonyl (C=O) groups is 2. The smallest absolute Gasteiger partial charge is 0.253 e. The van der Waals surface area contributed by atoms with Crippen molar-refractivity contribution in [1.82, 2.24) is 15.3 Å². The van der Waals surface area contributed by atoms with Gasteiger partial charge in [-0.3, -0.25) is 14.6 Å². The van der Waals surface area contributed by atoms with Gasteiger partial charge in [-0.1, -0.05) is 37.6 Å². The summed E-state index contributed by atoms with van der Waals surface area (Å²) in [6.07, 6.45) is 1.37. The average Bonchev–Trinajstić information content (AvgIpc) is 3.18. The van der Waals surface area contributed by atoms with Crippen molar-refractivity contribution >= 4 is 34.8 Å². The van der Waals surface area contributed by atoms with Crippen molar-refractivity contribution in [3.63, 3.8) is 0 Å². The molecule has 8 heteroatoms. The van der Waals surface area contributed by atoms with Crippen LogP contribution in [-0.4, -0.2) is 28.3 Å². The Morgan fingerprint density at radius 2 is 1.93 bits per heavy atom. The second-order valence-electron chi connectivity index (χ2n) is 7.33. The Morgan fingerprint density at radius 1 is 1.24 bits per heavy atom. The number of thiazole rings is 1. The second kappa shape index (κ2) is 8.31. The summed E-state index contributed by atoms with van der Waals surface area (Å²) in [7, 11) is 0.